The highest BCUT2D eigenvalue weighted by atomic mass is 32.2. The van der Waals surface area contributed by atoms with Gasteiger partial charge >= 0.3 is 0 Å². The minimum absolute atomic E-state index is 0.0261. The monoisotopic (exact) mass is 481 g/mol. The Balaban J connectivity index is 2.18. The van der Waals surface area contributed by atoms with Crippen LogP contribution in [0.2, 0.25) is 0 Å². The van der Waals surface area contributed by atoms with Crippen molar-refractivity contribution in [2.24, 2.45) is 0 Å². The first-order valence-corrected chi connectivity index (χ1v) is 12.4. The highest BCUT2D eigenvalue weighted by Crippen LogP contribution is 2.22. The molecule has 2 aromatic rings. The van der Waals surface area contributed by atoms with Crippen LogP contribution in [0.25, 0.3) is 0 Å². The van der Waals surface area contributed by atoms with Gasteiger partial charge in [0.15, 0.2) is 11.6 Å². The van der Waals surface area contributed by atoms with Crippen LogP contribution in [0, 0.1) is 11.6 Å². The Labute approximate surface area is 193 Å². The molecule has 0 saturated carbocycles. The molecule has 0 aromatic heterocycles. The maximum absolute atomic E-state index is 13.6. The number of rotatable bonds is 11. The molecule has 1 N–H and O–H groups in total. The lowest BCUT2D eigenvalue weighted by atomic mass is 10.1. The first kappa shape index (κ1) is 26.2. The van der Waals surface area contributed by atoms with Gasteiger partial charge in [0.25, 0.3) is 0 Å². The summed E-state index contributed by atoms with van der Waals surface area (Å²) in [6.45, 7) is 1.93. The van der Waals surface area contributed by atoms with Gasteiger partial charge in [0.2, 0.25) is 21.8 Å². The van der Waals surface area contributed by atoms with Gasteiger partial charge in [-0.1, -0.05) is 37.3 Å². The standard InChI is InChI=1S/C23H29F2N3O4S/c1-4-21(23(30)26-2)27(16-17-9-6-5-7-10-17)22(29)11-8-14-28(33(3,31)32)18-12-13-19(24)20(25)15-18/h5-7,9-10,12-13,15,21H,4,8,11,14,16H2,1-3H3,(H,26,30). The molecule has 0 heterocycles. The number of carbonyl (C=O) groups is 2. The second kappa shape index (κ2) is 11.7. The molecule has 180 valence electrons. The molecule has 2 rings (SSSR count). The number of benzene rings is 2. The van der Waals surface area contributed by atoms with E-state index >= 15 is 0 Å². The molecule has 0 fully saturated rings. The number of hydrogen-bond donors (Lipinski definition) is 1. The van der Waals surface area contributed by atoms with Crippen LogP contribution in [0.4, 0.5) is 14.5 Å². The molecule has 0 aliphatic heterocycles. The van der Waals surface area contributed by atoms with E-state index in [-0.39, 0.29) is 43.4 Å². The van der Waals surface area contributed by atoms with Crippen LogP contribution in [0.5, 0.6) is 0 Å². The predicted octanol–water partition coefficient (Wildman–Crippen LogP) is 3.06. The molecule has 0 radical (unpaired) electrons. The van der Waals surface area contributed by atoms with Gasteiger partial charge in [-0.15, -0.1) is 0 Å². The van der Waals surface area contributed by atoms with Crippen molar-refractivity contribution in [2.75, 3.05) is 24.2 Å². The molecule has 33 heavy (non-hydrogen) atoms. The van der Waals surface area contributed by atoms with Crippen LogP contribution < -0.4 is 9.62 Å². The Morgan fingerprint density at radius 3 is 2.27 bits per heavy atom. The summed E-state index contributed by atoms with van der Waals surface area (Å²) in [5.41, 5.74) is 0.828. The second-order valence-electron chi connectivity index (χ2n) is 7.58. The van der Waals surface area contributed by atoms with Crippen LogP contribution in [0.1, 0.15) is 31.7 Å². The summed E-state index contributed by atoms with van der Waals surface area (Å²) in [6.07, 6.45) is 1.45. The largest absolute Gasteiger partial charge is 0.357 e. The first-order chi connectivity index (χ1) is 15.6. The van der Waals surface area contributed by atoms with E-state index in [1.54, 1.807) is 6.92 Å². The molecule has 7 nitrogen and oxygen atoms in total. The van der Waals surface area contributed by atoms with Crippen LogP contribution in [-0.2, 0) is 26.2 Å². The predicted molar refractivity (Wildman–Crippen MR) is 123 cm³/mol. The number of nitrogens with one attached hydrogen (secondary N) is 1. The number of halogens is 2. The van der Waals surface area contributed by atoms with Crippen molar-refractivity contribution in [1.82, 2.24) is 10.2 Å². The lowest BCUT2D eigenvalue weighted by molar-refractivity contribution is -0.141. The van der Waals surface area contributed by atoms with E-state index in [9.17, 15) is 26.8 Å². The van der Waals surface area contributed by atoms with Gasteiger partial charge in [0.05, 0.1) is 11.9 Å². The lowest BCUT2D eigenvalue weighted by Gasteiger charge is -2.30. The second-order valence-corrected chi connectivity index (χ2v) is 9.49. The summed E-state index contributed by atoms with van der Waals surface area (Å²) < 4.78 is 52.3. The van der Waals surface area contributed by atoms with E-state index < -0.39 is 27.7 Å². The van der Waals surface area contributed by atoms with Gasteiger partial charge in [-0.05, 0) is 30.5 Å². The molecule has 2 amide bonds. The van der Waals surface area contributed by atoms with Crippen molar-refractivity contribution in [1.29, 1.82) is 0 Å². The summed E-state index contributed by atoms with van der Waals surface area (Å²) in [7, 11) is -2.30. The maximum Gasteiger partial charge on any atom is 0.242 e. The zero-order valence-electron chi connectivity index (χ0n) is 18.9. The van der Waals surface area contributed by atoms with Crippen molar-refractivity contribution in [3.05, 3.63) is 65.7 Å². The van der Waals surface area contributed by atoms with Gasteiger partial charge in [0.1, 0.15) is 6.04 Å². The van der Waals surface area contributed by atoms with E-state index in [0.717, 1.165) is 28.3 Å². The highest BCUT2D eigenvalue weighted by molar-refractivity contribution is 7.92. The third-order valence-electron chi connectivity index (χ3n) is 5.17. The SMILES string of the molecule is CCC(C(=O)NC)N(Cc1ccccc1)C(=O)CCCN(c1ccc(F)c(F)c1)S(C)(=O)=O. The molecular weight excluding hydrogens is 452 g/mol. The van der Waals surface area contributed by atoms with Gasteiger partial charge in [-0.25, -0.2) is 17.2 Å². The minimum Gasteiger partial charge on any atom is -0.357 e. The minimum atomic E-state index is -3.80. The summed E-state index contributed by atoms with van der Waals surface area (Å²) in [4.78, 5) is 27.0. The molecular formula is C23H29F2N3O4S. The number of carbonyl (C=O) groups excluding carboxylic acids is 2. The molecule has 0 aliphatic carbocycles. The Morgan fingerprint density at radius 1 is 1.06 bits per heavy atom. The van der Waals surface area contributed by atoms with Gasteiger partial charge in [-0.2, -0.15) is 0 Å². The number of likely N-dealkylation sites (N-methyl/N-ethyl adjacent to an activating group) is 1. The maximum atomic E-state index is 13.6. The molecule has 10 heteroatoms. The molecule has 2 aromatic carbocycles. The van der Waals surface area contributed by atoms with E-state index in [1.165, 1.54) is 18.0 Å². The van der Waals surface area contributed by atoms with Gasteiger partial charge in [0, 0.05) is 32.6 Å². The zero-order valence-corrected chi connectivity index (χ0v) is 19.7. The van der Waals surface area contributed by atoms with Gasteiger partial charge in [-0.3, -0.25) is 13.9 Å². The highest BCUT2D eigenvalue weighted by Gasteiger charge is 2.28. The fourth-order valence-corrected chi connectivity index (χ4v) is 4.47. The summed E-state index contributed by atoms with van der Waals surface area (Å²) in [5, 5.41) is 2.58. The summed E-state index contributed by atoms with van der Waals surface area (Å²) in [5.74, 6) is -2.85. The van der Waals surface area contributed by atoms with Crippen LogP contribution in [0.3, 0.4) is 0 Å². The van der Waals surface area contributed by atoms with E-state index in [2.05, 4.69) is 5.32 Å². The molecule has 0 aliphatic rings. The number of hydrogen-bond acceptors (Lipinski definition) is 4. The topological polar surface area (TPSA) is 86.8 Å². The summed E-state index contributed by atoms with van der Waals surface area (Å²) in [6, 6.07) is 11.4. The third kappa shape index (κ3) is 7.24. The van der Waals surface area contributed by atoms with Crippen molar-refractivity contribution in [3.63, 3.8) is 0 Å². The van der Waals surface area contributed by atoms with E-state index in [0.29, 0.717) is 6.42 Å². The first-order valence-electron chi connectivity index (χ1n) is 10.6. The average Bonchev–Trinajstić information content (AvgIpc) is 2.78. The fourth-order valence-electron chi connectivity index (χ4n) is 3.51. The normalized spacial score (nSPS) is 12.2. The Kier molecular flexibility index (Phi) is 9.33. The molecule has 0 spiro atoms. The van der Waals surface area contributed by atoms with Crippen LogP contribution in [-0.4, -0.2) is 51.0 Å². The number of nitrogens with zero attached hydrogens (tertiary/aromatic N) is 2. The van der Waals surface area contributed by atoms with E-state index in [1.807, 2.05) is 30.3 Å². The third-order valence-corrected chi connectivity index (χ3v) is 6.37. The number of anilines is 1. The molecule has 1 atom stereocenters. The van der Waals surface area contributed by atoms with Crippen LogP contribution in [0.15, 0.2) is 48.5 Å². The Morgan fingerprint density at radius 2 is 1.73 bits per heavy atom. The summed E-state index contributed by atoms with van der Waals surface area (Å²) >= 11 is 0. The molecule has 1 unspecified atom stereocenters. The fraction of sp³-hybridized carbons (Fsp3) is 0.391. The van der Waals surface area contributed by atoms with Crippen molar-refractivity contribution in [2.45, 2.75) is 38.8 Å². The molecule has 0 bridgehead atoms. The van der Waals surface area contributed by atoms with E-state index in [4.69, 9.17) is 0 Å². The number of sulfonamides is 1. The van der Waals surface area contributed by atoms with Crippen molar-refractivity contribution >= 4 is 27.5 Å². The zero-order chi connectivity index (χ0) is 24.6. The van der Waals surface area contributed by atoms with Crippen molar-refractivity contribution < 1.29 is 26.8 Å². The smallest absolute Gasteiger partial charge is 0.242 e. The number of amides is 2. The lowest BCUT2D eigenvalue weighted by Crippen LogP contribution is -2.48. The Hall–Kier alpha value is -3.01. The van der Waals surface area contributed by atoms with Gasteiger partial charge < -0.3 is 10.2 Å². The average molecular weight is 482 g/mol. The van der Waals surface area contributed by atoms with Crippen LogP contribution >= 0.6 is 0 Å². The Bertz CT molecular complexity index is 1060. The molecule has 0 saturated heterocycles. The quantitative estimate of drug-likeness (QED) is 0.535. The van der Waals surface area contributed by atoms with Crippen molar-refractivity contribution in [3.8, 4) is 0 Å².